The first kappa shape index (κ1) is 20.1. The summed E-state index contributed by atoms with van der Waals surface area (Å²) in [6, 6.07) is 3.56. The monoisotopic (exact) mass is 350 g/mol. The second-order valence-electron chi connectivity index (χ2n) is 6.51. The van der Waals surface area contributed by atoms with Gasteiger partial charge in [-0.1, -0.05) is 18.2 Å². The highest BCUT2D eigenvalue weighted by molar-refractivity contribution is 5.73. The number of amides is 1. The lowest BCUT2D eigenvalue weighted by Gasteiger charge is -2.21. The van der Waals surface area contributed by atoms with Gasteiger partial charge >= 0.3 is 12.1 Å². The highest BCUT2D eigenvalue weighted by atomic mass is 16.6. The van der Waals surface area contributed by atoms with Crippen LogP contribution in [0.1, 0.15) is 38.3 Å². The molecular weight excluding hydrogens is 328 g/mol. The molecule has 1 atom stereocenters. The number of aliphatic carboxylic acids is 1. The Labute approximate surface area is 145 Å². The van der Waals surface area contributed by atoms with Gasteiger partial charge in [0.15, 0.2) is 0 Å². The van der Waals surface area contributed by atoms with Crippen molar-refractivity contribution in [3.8, 4) is 0 Å². The number of nitro groups is 1. The van der Waals surface area contributed by atoms with Crippen molar-refractivity contribution >= 4 is 23.8 Å². The third-order valence-corrected chi connectivity index (χ3v) is 3.08. The summed E-state index contributed by atoms with van der Waals surface area (Å²) in [5, 5.41) is 22.3. The van der Waals surface area contributed by atoms with Gasteiger partial charge in [-0.3, -0.25) is 14.9 Å². The first-order valence-electron chi connectivity index (χ1n) is 7.62. The van der Waals surface area contributed by atoms with E-state index in [2.05, 4.69) is 5.32 Å². The van der Waals surface area contributed by atoms with Gasteiger partial charge < -0.3 is 15.2 Å². The highest BCUT2D eigenvalue weighted by Crippen LogP contribution is 2.19. The van der Waals surface area contributed by atoms with E-state index < -0.39 is 28.6 Å². The smallest absolute Gasteiger partial charge is 0.408 e. The van der Waals surface area contributed by atoms with Crippen LogP contribution in [0.25, 0.3) is 6.08 Å². The standard InChI is InChI=1S/C17H22N2O6/c1-11-5-8-14(19(23)24)9-12(11)6-7-13(10-15(20)21)18-16(22)25-17(2,3)4/h5-9,13H,10H2,1-4H3,(H,18,22)(H,20,21)/b7-6+/t13-/m1/s1. The second kappa shape index (κ2) is 8.27. The van der Waals surface area contributed by atoms with E-state index in [-0.39, 0.29) is 12.1 Å². The van der Waals surface area contributed by atoms with Crippen molar-refractivity contribution in [3.63, 3.8) is 0 Å². The molecule has 8 heteroatoms. The number of non-ortho nitro benzene ring substituents is 1. The van der Waals surface area contributed by atoms with Crippen molar-refractivity contribution in [3.05, 3.63) is 45.5 Å². The zero-order valence-electron chi connectivity index (χ0n) is 14.6. The quantitative estimate of drug-likeness (QED) is 0.600. The predicted molar refractivity (Wildman–Crippen MR) is 92.3 cm³/mol. The predicted octanol–water partition coefficient (Wildman–Crippen LogP) is 3.28. The number of carboxylic acids is 1. The normalized spacial score (nSPS) is 12.6. The van der Waals surface area contributed by atoms with E-state index in [0.717, 1.165) is 5.56 Å². The minimum absolute atomic E-state index is 0.0693. The van der Waals surface area contributed by atoms with Gasteiger partial charge in [-0.25, -0.2) is 4.79 Å². The molecule has 0 radical (unpaired) electrons. The van der Waals surface area contributed by atoms with Gasteiger partial charge in [0.25, 0.3) is 5.69 Å². The van der Waals surface area contributed by atoms with Crippen molar-refractivity contribution in [1.29, 1.82) is 0 Å². The number of rotatable bonds is 6. The van der Waals surface area contributed by atoms with Crippen LogP contribution in [0.3, 0.4) is 0 Å². The van der Waals surface area contributed by atoms with Gasteiger partial charge in [0.2, 0.25) is 0 Å². The Morgan fingerprint density at radius 2 is 2.04 bits per heavy atom. The summed E-state index contributed by atoms with van der Waals surface area (Å²) in [4.78, 5) is 33.2. The van der Waals surface area contributed by atoms with Crippen LogP contribution in [0.4, 0.5) is 10.5 Å². The van der Waals surface area contributed by atoms with Crippen molar-refractivity contribution < 1.29 is 24.4 Å². The molecule has 0 unspecified atom stereocenters. The van der Waals surface area contributed by atoms with Crippen molar-refractivity contribution in [2.24, 2.45) is 0 Å². The van der Waals surface area contributed by atoms with Crippen LogP contribution >= 0.6 is 0 Å². The maximum atomic E-state index is 11.8. The molecule has 136 valence electrons. The molecule has 0 heterocycles. The molecule has 8 nitrogen and oxygen atoms in total. The maximum absolute atomic E-state index is 11.8. The Balaban J connectivity index is 2.96. The lowest BCUT2D eigenvalue weighted by atomic mass is 10.1. The number of nitrogens with zero attached hydrogens (tertiary/aromatic N) is 1. The molecule has 25 heavy (non-hydrogen) atoms. The van der Waals surface area contributed by atoms with Gasteiger partial charge in [0, 0.05) is 12.1 Å². The number of nitrogens with one attached hydrogen (secondary N) is 1. The Morgan fingerprint density at radius 1 is 1.40 bits per heavy atom. The number of nitro benzene ring substituents is 1. The molecule has 0 saturated heterocycles. The van der Waals surface area contributed by atoms with Crippen molar-refractivity contribution in [2.75, 3.05) is 0 Å². The molecule has 1 rings (SSSR count). The first-order valence-corrected chi connectivity index (χ1v) is 7.62. The molecule has 0 saturated carbocycles. The van der Waals surface area contributed by atoms with Gasteiger partial charge in [-0.15, -0.1) is 0 Å². The number of benzene rings is 1. The van der Waals surface area contributed by atoms with Gasteiger partial charge in [-0.05, 0) is 38.8 Å². The average Bonchev–Trinajstić information content (AvgIpc) is 2.43. The highest BCUT2D eigenvalue weighted by Gasteiger charge is 2.20. The van der Waals surface area contributed by atoms with E-state index in [4.69, 9.17) is 9.84 Å². The molecule has 0 aliphatic rings. The largest absolute Gasteiger partial charge is 0.481 e. The molecule has 0 aliphatic heterocycles. The molecule has 2 N–H and O–H groups in total. The number of carbonyl (C=O) groups is 2. The van der Waals surface area contributed by atoms with E-state index in [1.165, 1.54) is 18.2 Å². The van der Waals surface area contributed by atoms with Gasteiger partial charge in [-0.2, -0.15) is 0 Å². The fourth-order valence-corrected chi connectivity index (χ4v) is 1.96. The Kier molecular flexibility index (Phi) is 6.67. The number of alkyl carbamates (subject to hydrolysis) is 1. The second-order valence-corrected chi connectivity index (χ2v) is 6.51. The van der Waals surface area contributed by atoms with Crippen LogP contribution in [0.5, 0.6) is 0 Å². The number of carbonyl (C=O) groups excluding carboxylic acids is 1. The molecular formula is C17H22N2O6. The Bertz CT molecular complexity index is 691. The summed E-state index contributed by atoms with van der Waals surface area (Å²) in [6.45, 7) is 6.86. The average molecular weight is 350 g/mol. The lowest BCUT2D eigenvalue weighted by molar-refractivity contribution is -0.384. The number of hydrogen-bond donors (Lipinski definition) is 2. The van der Waals surface area contributed by atoms with Crippen LogP contribution in [-0.4, -0.2) is 33.7 Å². The zero-order valence-corrected chi connectivity index (χ0v) is 14.6. The molecule has 0 spiro atoms. The molecule has 0 aliphatic carbocycles. The third kappa shape index (κ3) is 7.47. The molecule has 0 fully saturated rings. The summed E-state index contributed by atoms with van der Waals surface area (Å²) in [7, 11) is 0. The lowest BCUT2D eigenvalue weighted by Crippen LogP contribution is -2.39. The molecule has 1 amide bonds. The van der Waals surface area contributed by atoms with E-state index >= 15 is 0 Å². The van der Waals surface area contributed by atoms with E-state index in [1.807, 2.05) is 0 Å². The molecule has 0 aromatic heterocycles. The first-order chi connectivity index (χ1) is 11.5. The summed E-state index contributed by atoms with van der Waals surface area (Å²) >= 11 is 0. The van der Waals surface area contributed by atoms with E-state index in [9.17, 15) is 19.7 Å². The fraction of sp³-hybridized carbons (Fsp3) is 0.412. The summed E-state index contributed by atoms with van der Waals surface area (Å²) in [5.41, 5.74) is 0.571. The third-order valence-electron chi connectivity index (χ3n) is 3.08. The van der Waals surface area contributed by atoms with Crippen molar-refractivity contribution in [1.82, 2.24) is 5.32 Å². The van der Waals surface area contributed by atoms with Crippen LogP contribution in [0, 0.1) is 17.0 Å². The number of aryl methyl sites for hydroxylation is 1. The SMILES string of the molecule is Cc1ccc([N+](=O)[O-])cc1/C=C/[C@H](CC(=O)O)NC(=O)OC(C)(C)C. The molecule has 1 aromatic rings. The molecule has 1 aromatic carbocycles. The van der Waals surface area contributed by atoms with Crippen LogP contribution in [0.2, 0.25) is 0 Å². The number of ether oxygens (including phenoxy) is 1. The van der Waals surface area contributed by atoms with Gasteiger partial charge in [0.1, 0.15) is 5.60 Å². The topological polar surface area (TPSA) is 119 Å². The summed E-state index contributed by atoms with van der Waals surface area (Å²) in [6.07, 6.45) is 1.94. The summed E-state index contributed by atoms with van der Waals surface area (Å²) in [5.74, 6) is -1.10. The number of carboxylic acid groups (broad SMARTS) is 1. The Morgan fingerprint density at radius 3 is 2.56 bits per heavy atom. The fourth-order valence-electron chi connectivity index (χ4n) is 1.96. The van der Waals surface area contributed by atoms with Crippen molar-refractivity contribution in [2.45, 2.75) is 45.8 Å². The minimum atomic E-state index is -1.10. The van der Waals surface area contributed by atoms with Crippen LogP contribution in [0.15, 0.2) is 24.3 Å². The molecule has 0 bridgehead atoms. The Hall–Kier alpha value is -2.90. The summed E-state index contributed by atoms with van der Waals surface area (Å²) < 4.78 is 5.11. The number of hydrogen-bond acceptors (Lipinski definition) is 5. The van der Waals surface area contributed by atoms with Crippen LogP contribution in [-0.2, 0) is 9.53 Å². The van der Waals surface area contributed by atoms with E-state index in [0.29, 0.717) is 5.56 Å². The maximum Gasteiger partial charge on any atom is 0.408 e. The zero-order chi connectivity index (χ0) is 19.2. The van der Waals surface area contributed by atoms with Gasteiger partial charge in [0.05, 0.1) is 17.4 Å². The minimum Gasteiger partial charge on any atom is -0.481 e. The van der Waals surface area contributed by atoms with Crippen LogP contribution < -0.4 is 5.32 Å². The van der Waals surface area contributed by atoms with E-state index in [1.54, 1.807) is 39.8 Å².